The molecule has 1 saturated heterocycles. The van der Waals surface area contributed by atoms with Crippen molar-refractivity contribution in [2.45, 2.75) is 30.7 Å². The molecule has 144 valence electrons. The van der Waals surface area contributed by atoms with Crippen LogP contribution in [0.4, 0.5) is 0 Å². The van der Waals surface area contributed by atoms with Crippen LogP contribution in [0.1, 0.15) is 35.2 Å². The summed E-state index contributed by atoms with van der Waals surface area (Å²) in [5.41, 5.74) is 1.47. The van der Waals surface area contributed by atoms with Crippen molar-refractivity contribution in [2.75, 3.05) is 20.1 Å². The van der Waals surface area contributed by atoms with Crippen LogP contribution in [-0.4, -0.2) is 43.7 Å². The Hall–Kier alpha value is -1.89. The molecule has 3 rings (SSSR count). The van der Waals surface area contributed by atoms with E-state index >= 15 is 0 Å². The molecular weight excluding hydrogens is 384 g/mol. The number of benzene rings is 2. The zero-order chi connectivity index (χ0) is 19.4. The third-order valence-corrected chi connectivity index (χ3v) is 6.84. The van der Waals surface area contributed by atoms with Gasteiger partial charge in [-0.3, -0.25) is 4.79 Å². The van der Waals surface area contributed by atoms with Crippen LogP contribution < -0.4 is 0 Å². The molecule has 0 unspecified atom stereocenters. The first-order chi connectivity index (χ1) is 12.9. The number of likely N-dealkylation sites (tertiary alicyclic amines) is 1. The molecule has 0 aliphatic carbocycles. The Morgan fingerprint density at radius 2 is 1.59 bits per heavy atom. The zero-order valence-corrected chi connectivity index (χ0v) is 16.8. The maximum absolute atomic E-state index is 12.7. The van der Waals surface area contributed by atoms with E-state index in [4.69, 9.17) is 11.6 Å². The van der Waals surface area contributed by atoms with Gasteiger partial charge in [0.25, 0.3) is 5.91 Å². The molecule has 0 bridgehead atoms. The summed E-state index contributed by atoms with van der Waals surface area (Å²) in [6.45, 7) is 1.84. The number of rotatable bonds is 5. The van der Waals surface area contributed by atoms with Crippen molar-refractivity contribution in [3.05, 3.63) is 64.7 Å². The SMILES string of the molecule is CN(Cc1ccc(C(=O)N2CCCCC2)cc1)S(=O)(=O)c1ccc(Cl)cc1. The number of carbonyl (C=O) groups excluding carboxylic acids is 1. The molecule has 0 radical (unpaired) electrons. The molecule has 0 atom stereocenters. The first-order valence-corrected chi connectivity index (χ1v) is 10.8. The molecule has 2 aromatic carbocycles. The second-order valence-corrected chi connectivity index (χ2v) is 9.25. The minimum atomic E-state index is -3.60. The average Bonchev–Trinajstić information content (AvgIpc) is 2.69. The van der Waals surface area contributed by atoms with Gasteiger partial charge in [-0.2, -0.15) is 4.31 Å². The molecule has 1 amide bonds. The fraction of sp³-hybridized carbons (Fsp3) is 0.350. The Morgan fingerprint density at radius 3 is 2.19 bits per heavy atom. The highest BCUT2D eigenvalue weighted by Crippen LogP contribution is 2.20. The van der Waals surface area contributed by atoms with E-state index in [2.05, 4.69) is 0 Å². The van der Waals surface area contributed by atoms with Crippen LogP contribution in [0.15, 0.2) is 53.4 Å². The number of hydrogen-bond acceptors (Lipinski definition) is 3. The van der Waals surface area contributed by atoms with Crippen LogP contribution in [-0.2, 0) is 16.6 Å². The van der Waals surface area contributed by atoms with Crippen molar-refractivity contribution in [3.8, 4) is 0 Å². The van der Waals surface area contributed by atoms with Gasteiger partial charge in [0.2, 0.25) is 10.0 Å². The van der Waals surface area contributed by atoms with Crippen LogP contribution in [0, 0.1) is 0 Å². The van der Waals surface area contributed by atoms with Crippen LogP contribution in [0.5, 0.6) is 0 Å². The van der Waals surface area contributed by atoms with E-state index in [1.54, 1.807) is 24.3 Å². The van der Waals surface area contributed by atoms with Crippen molar-refractivity contribution in [1.29, 1.82) is 0 Å². The van der Waals surface area contributed by atoms with Gasteiger partial charge in [-0.25, -0.2) is 8.42 Å². The summed E-state index contributed by atoms with van der Waals surface area (Å²) in [4.78, 5) is 14.6. The molecule has 5 nitrogen and oxygen atoms in total. The van der Waals surface area contributed by atoms with Crippen LogP contribution in [0.25, 0.3) is 0 Å². The Kier molecular flexibility index (Phi) is 6.19. The van der Waals surface area contributed by atoms with E-state index in [9.17, 15) is 13.2 Å². The van der Waals surface area contributed by atoms with E-state index in [0.717, 1.165) is 31.5 Å². The Labute approximate surface area is 165 Å². The maximum atomic E-state index is 12.7. The smallest absolute Gasteiger partial charge is 0.253 e. The lowest BCUT2D eigenvalue weighted by molar-refractivity contribution is 0.0724. The van der Waals surface area contributed by atoms with E-state index < -0.39 is 10.0 Å². The summed E-state index contributed by atoms with van der Waals surface area (Å²) in [6, 6.07) is 13.3. The lowest BCUT2D eigenvalue weighted by atomic mass is 10.1. The van der Waals surface area contributed by atoms with Gasteiger partial charge in [0, 0.05) is 37.3 Å². The number of piperidine rings is 1. The molecule has 1 aliphatic rings. The fourth-order valence-corrected chi connectivity index (χ4v) is 4.45. The number of halogens is 1. The van der Waals surface area contributed by atoms with Crippen molar-refractivity contribution >= 4 is 27.5 Å². The Morgan fingerprint density at radius 1 is 1.00 bits per heavy atom. The van der Waals surface area contributed by atoms with Gasteiger partial charge in [0.05, 0.1) is 4.90 Å². The topological polar surface area (TPSA) is 57.7 Å². The van der Waals surface area contributed by atoms with Gasteiger partial charge in [0.15, 0.2) is 0 Å². The first kappa shape index (κ1) is 19.9. The number of nitrogens with zero attached hydrogens (tertiary/aromatic N) is 2. The highest BCUT2D eigenvalue weighted by atomic mass is 35.5. The van der Waals surface area contributed by atoms with Gasteiger partial charge >= 0.3 is 0 Å². The normalized spacial score (nSPS) is 15.1. The predicted molar refractivity (Wildman–Crippen MR) is 106 cm³/mol. The number of sulfonamides is 1. The summed E-state index contributed by atoms with van der Waals surface area (Å²) < 4.78 is 26.6. The molecule has 7 heteroatoms. The summed E-state index contributed by atoms with van der Waals surface area (Å²) in [5.74, 6) is 0.0448. The van der Waals surface area contributed by atoms with Gasteiger partial charge in [-0.1, -0.05) is 23.7 Å². The Balaban J connectivity index is 1.68. The van der Waals surface area contributed by atoms with Gasteiger partial charge in [-0.05, 0) is 61.2 Å². The molecule has 1 heterocycles. The minimum Gasteiger partial charge on any atom is -0.339 e. The predicted octanol–water partition coefficient (Wildman–Crippen LogP) is 3.79. The fourth-order valence-electron chi connectivity index (χ4n) is 3.16. The van der Waals surface area contributed by atoms with E-state index in [1.165, 1.54) is 29.9 Å². The largest absolute Gasteiger partial charge is 0.339 e. The molecule has 0 saturated carbocycles. The van der Waals surface area contributed by atoms with Crippen LogP contribution >= 0.6 is 11.6 Å². The van der Waals surface area contributed by atoms with Crippen LogP contribution in [0.3, 0.4) is 0 Å². The molecule has 1 aliphatic heterocycles. The molecule has 0 spiro atoms. The number of hydrogen-bond donors (Lipinski definition) is 0. The first-order valence-electron chi connectivity index (χ1n) is 8.98. The van der Waals surface area contributed by atoms with E-state index in [0.29, 0.717) is 10.6 Å². The van der Waals surface area contributed by atoms with Gasteiger partial charge in [0.1, 0.15) is 0 Å². The highest BCUT2D eigenvalue weighted by molar-refractivity contribution is 7.89. The average molecular weight is 407 g/mol. The van der Waals surface area contributed by atoms with Gasteiger partial charge < -0.3 is 4.90 Å². The van der Waals surface area contributed by atoms with Crippen molar-refractivity contribution in [3.63, 3.8) is 0 Å². The standard InChI is InChI=1S/C20H23ClN2O3S/c1-22(27(25,26)19-11-9-18(21)10-12-19)15-16-5-7-17(8-6-16)20(24)23-13-3-2-4-14-23/h5-12H,2-4,13-15H2,1H3. The summed E-state index contributed by atoms with van der Waals surface area (Å²) in [6.07, 6.45) is 3.28. The summed E-state index contributed by atoms with van der Waals surface area (Å²) in [7, 11) is -2.06. The molecular formula is C20H23ClN2O3S. The summed E-state index contributed by atoms with van der Waals surface area (Å²) >= 11 is 5.83. The van der Waals surface area contributed by atoms with E-state index in [-0.39, 0.29) is 17.3 Å². The highest BCUT2D eigenvalue weighted by Gasteiger charge is 2.21. The zero-order valence-electron chi connectivity index (χ0n) is 15.3. The van der Waals surface area contributed by atoms with Crippen molar-refractivity contribution in [1.82, 2.24) is 9.21 Å². The maximum Gasteiger partial charge on any atom is 0.253 e. The molecule has 27 heavy (non-hydrogen) atoms. The molecule has 0 aromatic heterocycles. The van der Waals surface area contributed by atoms with Crippen molar-refractivity contribution in [2.24, 2.45) is 0 Å². The lowest BCUT2D eigenvalue weighted by Crippen LogP contribution is -2.35. The number of amides is 1. The lowest BCUT2D eigenvalue weighted by Gasteiger charge is -2.26. The summed E-state index contributed by atoms with van der Waals surface area (Å²) in [5, 5.41) is 0.491. The van der Waals surface area contributed by atoms with Crippen LogP contribution in [0.2, 0.25) is 5.02 Å². The van der Waals surface area contributed by atoms with E-state index in [1.807, 2.05) is 17.0 Å². The number of carbonyl (C=O) groups is 1. The molecule has 1 fully saturated rings. The third-order valence-electron chi connectivity index (χ3n) is 4.77. The second-order valence-electron chi connectivity index (χ2n) is 6.76. The third kappa shape index (κ3) is 4.69. The van der Waals surface area contributed by atoms with Crippen molar-refractivity contribution < 1.29 is 13.2 Å². The Bertz CT molecular complexity index is 890. The molecule has 0 N–H and O–H groups in total. The molecule has 2 aromatic rings. The minimum absolute atomic E-state index is 0.0448. The monoisotopic (exact) mass is 406 g/mol. The van der Waals surface area contributed by atoms with Gasteiger partial charge in [-0.15, -0.1) is 0 Å². The second kappa shape index (κ2) is 8.42. The quantitative estimate of drug-likeness (QED) is 0.759.